The van der Waals surface area contributed by atoms with E-state index in [1.807, 2.05) is 61.6 Å². The lowest BCUT2D eigenvalue weighted by Gasteiger charge is -2.19. The van der Waals surface area contributed by atoms with Crippen LogP contribution in [-0.4, -0.2) is 25.8 Å². The SMILES string of the molecule is CCCCCCCCOc1ccc(C(=O)N/N=C/c2ccc(N(C)c3ccccc3)cc2)cc1. The summed E-state index contributed by atoms with van der Waals surface area (Å²) in [5, 5.41) is 4.09. The van der Waals surface area contributed by atoms with E-state index in [2.05, 4.69) is 34.5 Å². The molecule has 34 heavy (non-hydrogen) atoms. The van der Waals surface area contributed by atoms with Crippen LogP contribution < -0.4 is 15.1 Å². The quantitative estimate of drug-likeness (QED) is 0.171. The molecule has 3 rings (SSSR count). The van der Waals surface area contributed by atoms with Gasteiger partial charge in [-0.25, -0.2) is 5.43 Å². The van der Waals surface area contributed by atoms with Crippen LogP contribution in [0, 0.1) is 0 Å². The Balaban J connectivity index is 1.42. The van der Waals surface area contributed by atoms with E-state index in [1.165, 1.54) is 32.1 Å². The lowest BCUT2D eigenvalue weighted by atomic mass is 10.1. The van der Waals surface area contributed by atoms with Gasteiger partial charge in [0.2, 0.25) is 0 Å². The van der Waals surface area contributed by atoms with E-state index in [0.717, 1.165) is 29.1 Å². The molecule has 0 aliphatic heterocycles. The number of rotatable bonds is 13. The molecule has 0 aliphatic rings. The Morgan fingerprint density at radius 3 is 2.21 bits per heavy atom. The number of unbranched alkanes of at least 4 members (excludes halogenated alkanes) is 5. The van der Waals surface area contributed by atoms with E-state index >= 15 is 0 Å². The largest absolute Gasteiger partial charge is 0.494 e. The summed E-state index contributed by atoms with van der Waals surface area (Å²) in [7, 11) is 2.03. The van der Waals surface area contributed by atoms with Gasteiger partial charge in [-0.3, -0.25) is 4.79 Å². The van der Waals surface area contributed by atoms with Gasteiger partial charge in [-0.05, 0) is 60.5 Å². The fraction of sp³-hybridized carbons (Fsp3) is 0.310. The molecule has 0 radical (unpaired) electrons. The summed E-state index contributed by atoms with van der Waals surface area (Å²) in [5.41, 5.74) is 6.23. The van der Waals surface area contributed by atoms with E-state index in [4.69, 9.17) is 4.74 Å². The Labute approximate surface area is 203 Å². The molecule has 0 saturated carbocycles. The molecule has 3 aromatic carbocycles. The molecule has 0 saturated heterocycles. The van der Waals surface area contributed by atoms with Crippen LogP contribution in [0.5, 0.6) is 5.75 Å². The minimum Gasteiger partial charge on any atom is -0.494 e. The standard InChI is InChI=1S/C29H35N3O2/c1-3-4-5-6-7-11-22-34-28-20-16-25(17-21-28)29(33)31-30-23-24-14-18-27(19-15-24)32(2)26-12-9-8-10-13-26/h8-10,12-21,23H,3-7,11,22H2,1-2H3,(H,31,33)/b30-23+. The van der Waals surface area contributed by atoms with E-state index in [9.17, 15) is 4.79 Å². The van der Waals surface area contributed by atoms with Crippen LogP contribution in [-0.2, 0) is 0 Å². The summed E-state index contributed by atoms with van der Waals surface area (Å²) < 4.78 is 5.78. The number of nitrogens with zero attached hydrogens (tertiary/aromatic N) is 2. The first-order valence-electron chi connectivity index (χ1n) is 12.1. The normalized spacial score (nSPS) is 10.9. The summed E-state index contributed by atoms with van der Waals surface area (Å²) in [6, 6.07) is 25.4. The van der Waals surface area contributed by atoms with Gasteiger partial charge in [0.1, 0.15) is 5.75 Å². The van der Waals surface area contributed by atoms with Gasteiger partial charge in [0.25, 0.3) is 5.91 Å². The van der Waals surface area contributed by atoms with Crippen molar-refractivity contribution in [2.45, 2.75) is 45.4 Å². The Morgan fingerprint density at radius 1 is 0.853 bits per heavy atom. The Hall–Kier alpha value is -3.60. The molecule has 5 heteroatoms. The third-order valence-electron chi connectivity index (χ3n) is 5.69. The summed E-state index contributed by atoms with van der Waals surface area (Å²) >= 11 is 0. The lowest BCUT2D eigenvalue weighted by Crippen LogP contribution is -2.17. The molecule has 0 fully saturated rings. The van der Waals surface area contributed by atoms with E-state index < -0.39 is 0 Å². The van der Waals surface area contributed by atoms with Gasteiger partial charge < -0.3 is 9.64 Å². The number of carbonyl (C=O) groups is 1. The van der Waals surface area contributed by atoms with Crippen molar-refractivity contribution in [3.63, 3.8) is 0 Å². The number of amides is 1. The van der Waals surface area contributed by atoms with Crippen molar-refractivity contribution in [2.24, 2.45) is 5.10 Å². The zero-order valence-corrected chi connectivity index (χ0v) is 20.2. The fourth-order valence-electron chi connectivity index (χ4n) is 3.59. The fourth-order valence-corrected chi connectivity index (χ4v) is 3.59. The number of anilines is 2. The Bertz CT molecular complexity index is 1020. The molecule has 0 aromatic heterocycles. The molecule has 0 heterocycles. The third kappa shape index (κ3) is 8.07. The van der Waals surface area contributed by atoms with E-state index in [0.29, 0.717) is 12.2 Å². The first-order chi connectivity index (χ1) is 16.7. The van der Waals surface area contributed by atoms with Crippen molar-refractivity contribution in [3.8, 4) is 5.75 Å². The van der Waals surface area contributed by atoms with Crippen LogP contribution in [0.25, 0.3) is 0 Å². The highest BCUT2D eigenvalue weighted by Crippen LogP contribution is 2.23. The second-order valence-electron chi connectivity index (χ2n) is 8.33. The lowest BCUT2D eigenvalue weighted by molar-refractivity contribution is 0.0955. The van der Waals surface area contributed by atoms with Crippen molar-refractivity contribution in [3.05, 3.63) is 90.0 Å². The van der Waals surface area contributed by atoms with Gasteiger partial charge in [-0.2, -0.15) is 5.10 Å². The molecule has 0 bridgehead atoms. The van der Waals surface area contributed by atoms with Crippen LogP contribution in [0.1, 0.15) is 61.4 Å². The van der Waals surface area contributed by atoms with Crippen molar-refractivity contribution >= 4 is 23.5 Å². The number of ether oxygens (including phenoxy) is 1. The monoisotopic (exact) mass is 457 g/mol. The van der Waals surface area contributed by atoms with Gasteiger partial charge in [0.15, 0.2) is 0 Å². The van der Waals surface area contributed by atoms with Crippen LogP contribution >= 0.6 is 0 Å². The summed E-state index contributed by atoms with van der Waals surface area (Å²) in [4.78, 5) is 14.5. The summed E-state index contributed by atoms with van der Waals surface area (Å²) in [6.07, 6.45) is 9.05. The molecule has 0 aliphatic carbocycles. The average Bonchev–Trinajstić information content (AvgIpc) is 2.89. The summed E-state index contributed by atoms with van der Waals surface area (Å²) in [5.74, 6) is 0.535. The number of hydrazone groups is 1. The minimum absolute atomic E-state index is 0.251. The van der Waals surface area contributed by atoms with Crippen LogP contribution in [0.4, 0.5) is 11.4 Å². The van der Waals surface area contributed by atoms with Gasteiger partial charge in [0, 0.05) is 24.0 Å². The maximum absolute atomic E-state index is 12.4. The number of carbonyl (C=O) groups excluding carboxylic acids is 1. The van der Waals surface area contributed by atoms with E-state index in [-0.39, 0.29) is 5.91 Å². The highest BCUT2D eigenvalue weighted by atomic mass is 16.5. The van der Waals surface area contributed by atoms with Crippen molar-refractivity contribution < 1.29 is 9.53 Å². The van der Waals surface area contributed by atoms with Crippen LogP contribution in [0.2, 0.25) is 0 Å². The molecule has 1 N–H and O–H groups in total. The first kappa shape index (κ1) is 25.0. The molecule has 0 atom stereocenters. The molecule has 0 spiro atoms. The van der Waals surface area contributed by atoms with Crippen LogP contribution in [0.15, 0.2) is 84.0 Å². The maximum Gasteiger partial charge on any atom is 0.271 e. The van der Waals surface area contributed by atoms with Crippen molar-refractivity contribution in [1.82, 2.24) is 5.43 Å². The molecular weight excluding hydrogens is 422 g/mol. The predicted octanol–water partition coefficient (Wildman–Crippen LogP) is 6.96. The zero-order chi connectivity index (χ0) is 24.0. The molecule has 5 nitrogen and oxygen atoms in total. The predicted molar refractivity (Wildman–Crippen MR) is 141 cm³/mol. The van der Waals surface area contributed by atoms with E-state index in [1.54, 1.807) is 18.3 Å². The Kier molecular flexibility index (Phi) is 10.2. The number of hydrogen-bond acceptors (Lipinski definition) is 4. The second kappa shape index (κ2) is 13.8. The highest BCUT2D eigenvalue weighted by Gasteiger charge is 2.05. The Morgan fingerprint density at radius 2 is 1.50 bits per heavy atom. The first-order valence-corrected chi connectivity index (χ1v) is 12.1. The highest BCUT2D eigenvalue weighted by molar-refractivity contribution is 5.95. The zero-order valence-electron chi connectivity index (χ0n) is 20.2. The molecule has 0 unspecified atom stereocenters. The number of hydrogen-bond donors (Lipinski definition) is 1. The number of benzene rings is 3. The summed E-state index contributed by atoms with van der Waals surface area (Å²) in [6.45, 7) is 2.94. The molecule has 3 aromatic rings. The van der Waals surface area contributed by atoms with Crippen LogP contribution in [0.3, 0.4) is 0 Å². The van der Waals surface area contributed by atoms with Crippen molar-refractivity contribution in [2.75, 3.05) is 18.6 Å². The topological polar surface area (TPSA) is 53.9 Å². The smallest absolute Gasteiger partial charge is 0.271 e. The number of para-hydroxylation sites is 1. The van der Waals surface area contributed by atoms with Crippen molar-refractivity contribution in [1.29, 1.82) is 0 Å². The van der Waals surface area contributed by atoms with Gasteiger partial charge in [-0.15, -0.1) is 0 Å². The van der Waals surface area contributed by atoms with Gasteiger partial charge in [0.05, 0.1) is 12.8 Å². The maximum atomic E-state index is 12.4. The molecular formula is C29H35N3O2. The van der Waals surface area contributed by atoms with Gasteiger partial charge >= 0.3 is 0 Å². The van der Waals surface area contributed by atoms with Gasteiger partial charge in [-0.1, -0.05) is 69.4 Å². The number of nitrogens with one attached hydrogen (secondary N) is 1. The molecule has 1 amide bonds. The second-order valence-corrected chi connectivity index (χ2v) is 8.33. The molecule has 178 valence electrons. The third-order valence-corrected chi connectivity index (χ3v) is 5.69. The average molecular weight is 458 g/mol. The minimum atomic E-state index is -0.251.